The molecule has 0 fully saturated rings. The first kappa shape index (κ1) is 17.7. The van der Waals surface area contributed by atoms with Crippen molar-refractivity contribution in [2.24, 2.45) is 21.7 Å². The van der Waals surface area contributed by atoms with Gasteiger partial charge in [0.1, 0.15) is 4.90 Å². The molecule has 0 aliphatic carbocycles. The number of hydrogen-bond donors (Lipinski definition) is 2. The van der Waals surface area contributed by atoms with Gasteiger partial charge in [-0.1, -0.05) is 24.3 Å². The van der Waals surface area contributed by atoms with Crippen LogP contribution in [0.4, 0.5) is 0 Å². The molecule has 0 aliphatic rings. The fraction of sp³-hybridized carbons (Fsp3) is 0.0588. The Bertz CT molecular complexity index is 1360. The first-order chi connectivity index (χ1) is 13.4. The Morgan fingerprint density at radius 2 is 1.89 bits per heavy atom. The Labute approximate surface area is 159 Å². The summed E-state index contributed by atoms with van der Waals surface area (Å²) in [6.45, 7) is 1.69. The zero-order valence-corrected chi connectivity index (χ0v) is 15.5. The normalized spacial score (nSPS) is 12.5. The summed E-state index contributed by atoms with van der Waals surface area (Å²) in [6.07, 6.45) is 1.48. The topological polar surface area (TPSA) is 155 Å². The third kappa shape index (κ3) is 2.77. The predicted octanol–water partition coefficient (Wildman–Crippen LogP) is 1.41. The number of nitrogens with zero attached hydrogens (tertiary/aromatic N) is 5. The molecule has 2 aromatic heterocycles. The molecule has 0 radical (unpaired) electrons. The Balaban J connectivity index is 1.98. The van der Waals surface area contributed by atoms with Crippen LogP contribution < -0.4 is 11.5 Å². The molecule has 0 bridgehead atoms. The quantitative estimate of drug-likeness (QED) is 0.300. The maximum Gasteiger partial charge on any atom is 0.270 e. The number of hydrogen-bond acceptors (Lipinski definition) is 7. The summed E-state index contributed by atoms with van der Waals surface area (Å²) >= 11 is 0. The highest BCUT2D eigenvalue weighted by molar-refractivity contribution is 7.90. The maximum absolute atomic E-state index is 13.4. The fourth-order valence-corrected chi connectivity index (χ4v) is 4.43. The van der Waals surface area contributed by atoms with Crippen molar-refractivity contribution < 1.29 is 12.9 Å². The second kappa shape index (κ2) is 6.46. The zero-order valence-electron chi connectivity index (χ0n) is 14.6. The van der Waals surface area contributed by atoms with Crippen molar-refractivity contribution >= 4 is 43.7 Å². The second-order valence-electron chi connectivity index (χ2n) is 5.95. The van der Waals surface area contributed by atoms with Gasteiger partial charge in [-0.3, -0.25) is 0 Å². The van der Waals surface area contributed by atoms with Gasteiger partial charge >= 0.3 is 0 Å². The third-order valence-corrected chi connectivity index (χ3v) is 5.87. The Morgan fingerprint density at radius 3 is 2.68 bits per heavy atom. The SMILES string of the molecule is C/C(=N/N=C(N)N)c1cn(S(=O)(=O)c2cccc3onnc23)c2ccccc12. The van der Waals surface area contributed by atoms with E-state index in [9.17, 15) is 8.42 Å². The average molecular weight is 397 g/mol. The molecule has 4 N–H and O–H groups in total. The van der Waals surface area contributed by atoms with Crippen molar-refractivity contribution in [2.45, 2.75) is 11.8 Å². The lowest BCUT2D eigenvalue weighted by atomic mass is 10.1. The van der Waals surface area contributed by atoms with E-state index in [1.807, 2.05) is 0 Å². The van der Waals surface area contributed by atoms with Gasteiger partial charge in [-0.05, 0) is 25.1 Å². The van der Waals surface area contributed by atoms with E-state index in [1.165, 1.54) is 16.2 Å². The van der Waals surface area contributed by atoms with Gasteiger partial charge in [0.25, 0.3) is 10.0 Å². The number of para-hydroxylation sites is 1. The van der Waals surface area contributed by atoms with Crippen LogP contribution in [-0.4, -0.2) is 34.4 Å². The van der Waals surface area contributed by atoms with E-state index in [-0.39, 0.29) is 22.0 Å². The van der Waals surface area contributed by atoms with Crippen molar-refractivity contribution in [3.8, 4) is 0 Å². The first-order valence-electron chi connectivity index (χ1n) is 8.10. The highest BCUT2D eigenvalue weighted by Crippen LogP contribution is 2.29. The molecule has 4 aromatic rings. The maximum atomic E-state index is 13.4. The third-order valence-electron chi connectivity index (χ3n) is 4.16. The van der Waals surface area contributed by atoms with Gasteiger partial charge in [0, 0.05) is 22.4 Å². The molecule has 0 spiro atoms. The molecule has 0 saturated carbocycles. The summed E-state index contributed by atoms with van der Waals surface area (Å²) in [7, 11) is -3.99. The van der Waals surface area contributed by atoms with Crippen LogP contribution in [0.1, 0.15) is 12.5 Å². The highest BCUT2D eigenvalue weighted by Gasteiger charge is 2.25. The van der Waals surface area contributed by atoms with Gasteiger partial charge < -0.3 is 16.0 Å². The summed E-state index contributed by atoms with van der Waals surface area (Å²) < 4.78 is 33.0. The van der Waals surface area contributed by atoms with E-state index in [2.05, 4.69) is 20.6 Å². The minimum atomic E-state index is -3.99. The molecule has 0 amide bonds. The van der Waals surface area contributed by atoms with Gasteiger partial charge in [-0.2, -0.15) is 5.10 Å². The van der Waals surface area contributed by atoms with Gasteiger partial charge in [0.05, 0.1) is 11.2 Å². The van der Waals surface area contributed by atoms with Gasteiger partial charge in [0.15, 0.2) is 11.1 Å². The molecule has 2 heterocycles. The average Bonchev–Trinajstić information content (AvgIpc) is 3.30. The summed E-state index contributed by atoms with van der Waals surface area (Å²) in [4.78, 5) is -0.0163. The van der Waals surface area contributed by atoms with E-state index in [0.29, 0.717) is 22.2 Å². The fourth-order valence-electron chi connectivity index (χ4n) is 2.92. The minimum Gasteiger partial charge on any atom is -0.369 e. The molecule has 0 aliphatic heterocycles. The highest BCUT2D eigenvalue weighted by atomic mass is 32.2. The lowest BCUT2D eigenvalue weighted by molar-refractivity contribution is 0.424. The lowest BCUT2D eigenvalue weighted by Crippen LogP contribution is -2.22. The summed E-state index contributed by atoms with van der Waals surface area (Å²) in [5, 5.41) is 15.5. The van der Waals surface area contributed by atoms with Crippen LogP contribution in [0.5, 0.6) is 0 Å². The minimum absolute atomic E-state index is 0.0163. The van der Waals surface area contributed by atoms with E-state index in [4.69, 9.17) is 16.0 Å². The molecule has 4 rings (SSSR count). The summed E-state index contributed by atoms with van der Waals surface area (Å²) in [5.41, 5.74) is 12.6. The largest absolute Gasteiger partial charge is 0.369 e. The molecular formula is C17H15N7O3S. The summed E-state index contributed by atoms with van der Waals surface area (Å²) in [6, 6.07) is 11.7. The zero-order chi connectivity index (χ0) is 19.9. The second-order valence-corrected chi connectivity index (χ2v) is 7.73. The monoisotopic (exact) mass is 397 g/mol. The van der Waals surface area contributed by atoms with Crippen molar-refractivity contribution in [2.75, 3.05) is 0 Å². The first-order valence-corrected chi connectivity index (χ1v) is 9.54. The van der Waals surface area contributed by atoms with E-state index in [1.54, 1.807) is 43.3 Å². The van der Waals surface area contributed by atoms with Crippen molar-refractivity contribution in [3.05, 3.63) is 54.2 Å². The van der Waals surface area contributed by atoms with E-state index >= 15 is 0 Å². The van der Waals surface area contributed by atoms with Crippen LogP contribution in [0.3, 0.4) is 0 Å². The van der Waals surface area contributed by atoms with Crippen LogP contribution in [0, 0.1) is 0 Å². The van der Waals surface area contributed by atoms with Crippen LogP contribution >= 0.6 is 0 Å². The molecular weight excluding hydrogens is 382 g/mol. The predicted molar refractivity (Wildman–Crippen MR) is 104 cm³/mol. The standard InChI is InChI=1S/C17H15N7O3S/c1-10(20-22-17(18)19)12-9-24(13-6-3-2-5-11(12)13)28(25,26)15-8-4-7-14-16(15)21-23-27-14/h2-9H,1H3,(H4,18,19,22)/b20-10-. The van der Waals surface area contributed by atoms with Gasteiger partial charge in [-0.25, -0.2) is 12.4 Å². The number of nitrogens with two attached hydrogens (primary N) is 2. The van der Waals surface area contributed by atoms with Crippen molar-refractivity contribution in [1.29, 1.82) is 0 Å². The molecule has 142 valence electrons. The summed E-state index contributed by atoms with van der Waals surface area (Å²) in [5.74, 6) is -0.194. The number of aromatic nitrogens is 3. The van der Waals surface area contributed by atoms with Crippen LogP contribution in [0.15, 0.2) is 68.3 Å². The molecule has 10 nitrogen and oxygen atoms in total. The van der Waals surface area contributed by atoms with E-state index in [0.717, 1.165) is 0 Å². The Kier molecular flexibility index (Phi) is 4.08. The molecule has 0 atom stereocenters. The Morgan fingerprint density at radius 1 is 1.11 bits per heavy atom. The van der Waals surface area contributed by atoms with Crippen LogP contribution in [0.2, 0.25) is 0 Å². The smallest absolute Gasteiger partial charge is 0.270 e. The van der Waals surface area contributed by atoms with Gasteiger partial charge in [-0.15, -0.1) is 10.2 Å². The molecule has 2 aromatic carbocycles. The van der Waals surface area contributed by atoms with Crippen LogP contribution in [-0.2, 0) is 10.0 Å². The number of benzene rings is 2. The number of rotatable bonds is 4. The van der Waals surface area contributed by atoms with Crippen molar-refractivity contribution in [3.63, 3.8) is 0 Å². The molecule has 0 saturated heterocycles. The van der Waals surface area contributed by atoms with Gasteiger partial charge in [0.2, 0.25) is 5.96 Å². The number of guanidine groups is 1. The molecule has 11 heteroatoms. The molecule has 0 unspecified atom stereocenters. The Hall–Kier alpha value is -3.73. The molecule has 28 heavy (non-hydrogen) atoms. The lowest BCUT2D eigenvalue weighted by Gasteiger charge is -2.07. The van der Waals surface area contributed by atoms with Crippen molar-refractivity contribution in [1.82, 2.24) is 14.3 Å². The van der Waals surface area contributed by atoms with Crippen LogP contribution in [0.25, 0.3) is 22.0 Å². The number of fused-ring (bicyclic) bond motifs is 2. The van der Waals surface area contributed by atoms with E-state index < -0.39 is 10.0 Å².